The van der Waals surface area contributed by atoms with Crippen molar-refractivity contribution in [1.29, 1.82) is 0 Å². The third-order valence-corrected chi connectivity index (χ3v) is 4.67. The summed E-state index contributed by atoms with van der Waals surface area (Å²) in [6.07, 6.45) is -0.149. The fourth-order valence-electron chi connectivity index (χ4n) is 3.25. The number of carbonyl (C=O) groups is 3. The molecule has 0 bridgehead atoms. The number of nitrogens with zero attached hydrogens (tertiary/aromatic N) is 2. The first-order chi connectivity index (χ1) is 13.0. The number of benzene rings is 1. The van der Waals surface area contributed by atoms with E-state index in [1.54, 1.807) is 36.3 Å². The Kier molecular flexibility index (Phi) is 5.92. The predicted molar refractivity (Wildman–Crippen MR) is 98.1 cm³/mol. The van der Waals surface area contributed by atoms with Crippen LogP contribution in [0.3, 0.4) is 0 Å². The number of hydrogen-bond donors (Lipinski definition) is 2. The highest BCUT2D eigenvalue weighted by Crippen LogP contribution is 2.25. The summed E-state index contributed by atoms with van der Waals surface area (Å²) in [6, 6.07) is 6.54. The molecule has 9 nitrogen and oxygen atoms in total. The van der Waals surface area contributed by atoms with Crippen molar-refractivity contribution in [3.63, 3.8) is 0 Å². The molecule has 1 aromatic rings. The number of methoxy groups -OCH3 is 1. The molecule has 27 heavy (non-hydrogen) atoms. The minimum absolute atomic E-state index is 0.0831. The summed E-state index contributed by atoms with van der Waals surface area (Å²) in [4.78, 5) is 38.6. The first-order valence-corrected chi connectivity index (χ1v) is 8.67. The standard InChI is InChI=1S/C18H23N4O5/c1-26-15-10-21(18(19)25)9-12(15)8-16(23)20-13-2-4-14(5-3-13)22-6-7-27-11-17(22)24/h2-5,15H,6-11H2,1H3,(H2,19,25)(H,20,23)/t15-/m1/s1. The van der Waals surface area contributed by atoms with E-state index in [0.717, 1.165) is 11.6 Å². The van der Waals surface area contributed by atoms with Crippen LogP contribution in [0.1, 0.15) is 6.42 Å². The lowest BCUT2D eigenvalue weighted by Gasteiger charge is -2.27. The van der Waals surface area contributed by atoms with Gasteiger partial charge in [0.05, 0.1) is 12.7 Å². The molecule has 2 aliphatic rings. The number of anilines is 2. The number of amides is 4. The van der Waals surface area contributed by atoms with Crippen molar-refractivity contribution in [2.24, 2.45) is 5.73 Å². The molecule has 0 unspecified atom stereocenters. The second kappa shape index (κ2) is 8.36. The molecule has 3 N–H and O–H groups in total. The fraction of sp³-hybridized carbons (Fsp3) is 0.444. The molecule has 2 saturated heterocycles. The van der Waals surface area contributed by atoms with Gasteiger partial charge in [-0.2, -0.15) is 0 Å². The zero-order chi connectivity index (χ0) is 19.4. The van der Waals surface area contributed by atoms with E-state index in [1.807, 2.05) is 0 Å². The van der Waals surface area contributed by atoms with Gasteiger partial charge in [-0.05, 0) is 24.3 Å². The summed E-state index contributed by atoms with van der Waals surface area (Å²) < 4.78 is 10.5. The second-order valence-electron chi connectivity index (χ2n) is 6.47. The average molecular weight is 375 g/mol. The Bertz CT molecular complexity index is 708. The van der Waals surface area contributed by atoms with E-state index in [9.17, 15) is 14.4 Å². The van der Waals surface area contributed by atoms with Crippen molar-refractivity contribution >= 4 is 29.2 Å². The molecule has 9 heteroatoms. The highest BCUT2D eigenvalue weighted by atomic mass is 16.5. The van der Waals surface area contributed by atoms with E-state index < -0.39 is 6.03 Å². The van der Waals surface area contributed by atoms with E-state index in [2.05, 4.69) is 5.32 Å². The van der Waals surface area contributed by atoms with Gasteiger partial charge >= 0.3 is 6.03 Å². The van der Waals surface area contributed by atoms with Crippen LogP contribution in [0.25, 0.3) is 0 Å². The number of urea groups is 1. The quantitative estimate of drug-likeness (QED) is 0.771. The molecule has 2 heterocycles. The molecule has 2 aliphatic heterocycles. The van der Waals surface area contributed by atoms with Crippen LogP contribution in [0, 0.1) is 5.92 Å². The molecule has 4 amide bonds. The van der Waals surface area contributed by atoms with E-state index in [1.165, 1.54) is 4.90 Å². The van der Waals surface area contributed by atoms with Crippen molar-refractivity contribution < 1.29 is 23.9 Å². The van der Waals surface area contributed by atoms with Crippen LogP contribution in [0.5, 0.6) is 0 Å². The molecule has 0 aromatic heterocycles. The molecule has 1 aromatic carbocycles. The number of primary amides is 1. The first kappa shape index (κ1) is 19.1. The molecular formula is C18H23N4O5. The van der Waals surface area contributed by atoms with Crippen molar-refractivity contribution in [2.45, 2.75) is 12.5 Å². The SMILES string of the molecule is CO[C@@H]1CN(C(N)=O)C[C]1CC(=O)Nc1ccc(N2CCOCC2=O)cc1. The maximum Gasteiger partial charge on any atom is 0.314 e. The van der Waals surface area contributed by atoms with E-state index in [4.69, 9.17) is 15.2 Å². The molecule has 145 valence electrons. The van der Waals surface area contributed by atoms with Gasteiger partial charge in [-0.25, -0.2) is 4.79 Å². The van der Waals surface area contributed by atoms with Gasteiger partial charge in [-0.15, -0.1) is 0 Å². The predicted octanol–water partition coefficient (Wildman–Crippen LogP) is 0.362. The minimum Gasteiger partial charge on any atom is -0.379 e. The van der Waals surface area contributed by atoms with Gasteiger partial charge in [0.15, 0.2) is 0 Å². The monoisotopic (exact) mass is 375 g/mol. The molecule has 0 saturated carbocycles. The van der Waals surface area contributed by atoms with Gasteiger partial charge in [0.25, 0.3) is 5.91 Å². The van der Waals surface area contributed by atoms with E-state index in [-0.39, 0.29) is 30.9 Å². The lowest BCUT2D eigenvalue weighted by atomic mass is 10.0. The van der Waals surface area contributed by atoms with Crippen molar-refractivity contribution in [1.82, 2.24) is 4.90 Å². The fourth-order valence-corrected chi connectivity index (χ4v) is 3.25. The average Bonchev–Trinajstić information content (AvgIpc) is 3.06. The highest BCUT2D eigenvalue weighted by molar-refractivity contribution is 5.96. The van der Waals surface area contributed by atoms with Gasteiger partial charge in [0, 0.05) is 50.5 Å². The normalized spacial score (nSPS) is 20.8. The van der Waals surface area contributed by atoms with Gasteiger partial charge in [0.2, 0.25) is 5.91 Å². The van der Waals surface area contributed by atoms with Crippen LogP contribution < -0.4 is 16.0 Å². The van der Waals surface area contributed by atoms with Crippen LogP contribution >= 0.6 is 0 Å². The Balaban J connectivity index is 1.56. The second-order valence-corrected chi connectivity index (χ2v) is 6.47. The van der Waals surface area contributed by atoms with Gasteiger partial charge < -0.3 is 30.3 Å². The zero-order valence-corrected chi connectivity index (χ0v) is 15.1. The summed E-state index contributed by atoms with van der Waals surface area (Å²) in [5.74, 6) is 0.526. The number of hydrogen-bond acceptors (Lipinski definition) is 5. The largest absolute Gasteiger partial charge is 0.379 e. The third-order valence-electron chi connectivity index (χ3n) is 4.67. The zero-order valence-electron chi connectivity index (χ0n) is 15.1. The van der Waals surface area contributed by atoms with Crippen molar-refractivity contribution in [3.05, 3.63) is 30.2 Å². The third kappa shape index (κ3) is 4.55. The Labute approximate surface area is 157 Å². The summed E-state index contributed by atoms with van der Waals surface area (Å²) in [5, 5.41) is 2.82. The minimum atomic E-state index is -0.527. The molecule has 3 rings (SSSR count). The number of ether oxygens (including phenoxy) is 2. The molecule has 0 aliphatic carbocycles. The summed E-state index contributed by atoms with van der Waals surface area (Å²) in [5.41, 5.74) is 6.69. The summed E-state index contributed by atoms with van der Waals surface area (Å²) in [6.45, 7) is 1.78. The van der Waals surface area contributed by atoms with Crippen molar-refractivity contribution in [3.8, 4) is 0 Å². The number of likely N-dealkylation sites (tertiary alicyclic amines) is 1. The lowest BCUT2D eigenvalue weighted by molar-refractivity contribution is -0.125. The Hall–Kier alpha value is -2.65. The van der Waals surface area contributed by atoms with Crippen LogP contribution in [0.4, 0.5) is 16.2 Å². The Morgan fingerprint density at radius 1 is 1.33 bits per heavy atom. The van der Waals surface area contributed by atoms with Crippen LogP contribution in [0.2, 0.25) is 0 Å². The van der Waals surface area contributed by atoms with Crippen LogP contribution in [-0.4, -0.2) is 68.8 Å². The Morgan fingerprint density at radius 3 is 2.70 bits per heavy atom. The maximum atomic E-state index is 12.3. The van der Waals surface area contributed by atoms with Gasteiger partial charge in [0.1, 0.15) is 6.61 Å². The van der Waals surface area contributed by atoms with Gasteiger partial charge in [-0.1, -0.05) is 0 Å². The van der Waals surface area contributed by atoms with E-state index >= 15 is 0 Å². The smallest absolute Gasteiger partial charge is 0.314 e. The first-order valence-electron chi connectivity index (χ1n) is 8.67. The number of rotatable bonds is 5. The molecule has 1 radical (unpaired) electrons. The van der Waals surface area contributed by atoms with Crippen LogP contribution in [-0.2, 0) is 19.1 Å². The van der Waals surface area contributed by atoms with E-state index in [0.29, 0.717) is 31.9 Å². The maximum absolute atomic E-state index is 12.3. The molecule has 0 spiro atoms. The number of carbonyl (C=O) groups excluding carboxylic acids is 3. The number of nitrogens with two attached hydrogens (primary N) is 1. The summed E-state index contributed by atoms with van der Waals surface area (Å²) in [7, 11) is 1.54. The molecule has 2 fully saturated rings. The number of morpholine rings is 1. The van der Waals surface area contributed by atoms with Crippen molar-refractivity contribution in [2.75, 3.05) is 50.2 Å². The lowest BCUT2D eigenvalue weighted by Crippen LogP contribution is -2.41. The molecular weight excluding hydrogens is 352 g/mol. The number of nitrogens with one attached hydrogen (secondary N) is 1. The molecule has 1 atom stereocenters. The summed E-state index contributed by atoms with van der Waals surface area (Å²) >= 11 is 0. The Morgan fingerprint density at radius 2 is 2.07 bits per heavy atom. The topological polar surface area (TPSA) is 114 Å². The van der Waals surface area contributed by atoms with Gasteiger partial charge in [-0.3, -0.25) is 9.59 Å². The highest BCUT2D eigenvalue weighted by Gasteiger charge is 2.36. The van der Waals surface area contributed by atoms with Crippen LogP contribution in [0.15, 0.2) is 24.3 Å².